The largest absolute Gasteiger partial charge is 0.480 e. The summed E-state index contributed by atoms with van der Waals surface area (Å²) in [6.45, 7) is 2.34. The number of piperazine rings is 1. The van der Waals surface area contributed by atoms with Gasteiger partial charge in [0.15, 0.2) is 0 Å². The van der Waals surface area contributed by atoms with Gasteiger partial charge in [0.05, 0.1) is 13.2 Å². The molecule has 1 heterocycles. The summed E-state index contributed by atoms with van der Waals surface area (Å²) in [6, 6.07) is -0.662. The molecule has 104 valence electrons. The van der Waals surface area contributed by atoms with Gasteiger partial charge in [0.2, 0.25) is 5.91 Å². The molecule has 2 N–H and O–H groups in total. The van der Waals surface area contributed by atoms with Gasteiger partial charge in [0.25, 0.3) is 0 Å². The molecule has 0 spiro atoms. The molecule has 0 aromatic heterocycles. The van der Waals surface area contributed by atoms with E-state index in [9.17, 15) is 9.59 Å². The Hall–Kier alpha value is -1.18. The number of carboxylic acids is 1. The lowest BCUT2D eigenvalue weighted by Crippen LogP contribution is -2.58. The Kier molecular flexibility index (Phi) is 6.63. The third-order valence-electron chi connectivity index (χ3n) is 2.73. The molecule has 0 bridgehead atoms. The predicted molar refractivity (Wildman–Crippen MR) is 63.3 cm³/mol. The number of methoxy groups -OCH3 is 1. The highest BCUT2D eigenvalue weighted by Crippen LogP contribution is 2.04. The van der Waals surface area contributed by atoms with Crippen molar-refractivity contribution in [2.24, 2.45) is 0 Å². The molecule has 1 amide bonds. The van der Waals surface area contributed by atoms with E-state index in [1.54, 1.807) is 12.0 Å². The second-order valence-electron chi connectivity index (χ2n) is 4.09. The summed E-state index contributed by atoms with van der Waals surface area (Å²) < 4.78 is 10.2. The second kappa shape index (κ2) is 8.02. The Labute approximate surface area is 106 Å². The van der Waals surface area contributed by atoms with Crippen molar-refractivity contribution in [2.75, 3.05) is 46.6 Å². The summed E-state index contributed by atoms with van der Waals surface area (Å²) in [6.07, 6.45) is 0.805. The number of nitrogens with one attached hydrogen (secondary N) is 1. The zero-order valence-corrected chi connectivity index (χ0v) is 10.6. The van der Waals surface area contributed by atoms with Crippen molar-refractivity contribution in [1.29, 1.82) is 0 Å². The maximum Gasteiger partial charge on any atom is 0.322 e. The molecule has 0 aromatic rings. The highest BCUT2D eigenvalue weighted by molar-refractivity contribution is 5.83. The van der Waals surface area contributed by atoms with Gasteiger partial charge in [-0.25, -0.2) is 0 Å². The maximum absolute atomic E-state index is 11.2. The van der Waals surface area contributed by atoms with Crippen LogP contribution in [0.1, 0.15) is 6.42 Å². The van der Waals surface area contributed by atoms with Crippen LogP contribution in [0.15, 0.2) is 0 Å². The maximum atomic E-state index is 11.2. The Morgan fingerprint density at radius 2 is 2.28 bits per heavy atom. The molecular weight excluding hydrogens is 240 g/mol. The van der Waals surface area contributed by atoms with Crippen LogP contribution in [0.4, 0.5) is 0 Å². The summed E-state index contributed by atoms with van der Waals surface area (Å²) in [4.78, 5) is 23.8. The van der Waals surface area contributed by atoms with E-state index in [2.05, 4.69) is 5.32 Å². The first-order valence-electron chi connectivity index (χ1n) is 5.95. The van der Waals surface area contributed by atoms with Gasteiger partial charge in [-0.05, 0) is 6.42 Å². The number of ether oxygens (including phenoxy) is 2. The van der Waals surface area contributed by atoms with E-state index in [0.29, 0.717) is 26.4 Å². The van der Waals surface area contributed by atoms with Gasteiger partial charge in [-0.1, -0.05) is 0 Å². The van der Waals surface area contributed by atoms with Gasteiger partial charge < -0.3 is 19.9 Å². The SMILES string of the molecule is COCCCOCCN1CC(=O)NCC1C(=O)O. The number of amides is 1. The second-order valence-corrected chi connectivity index (χ2v) is 4.09. The van der Waals surface area contributed by atoms with Crippen LogP contribution in [0.25, 0.3) is 0 Å². The van der Waals surface area contributed by atoms with Crippen LogP contribution in [-0.2, 0) is 19.1 Å². The molecule has 7 heteroatoms. The Balaban J connectivity index is 2.24. The van der Waals surface area contributed by atoms with Crippen molar-refractivity contribution in [2.45, 2.75) is 12.5 Å². The van der Waals surface area contributed by atoms with Gasteiger partial charge in [0, 0.05) is 33.4 Å². The summed E-state index contributed by atoms with van der Waals surface area (Å²) >= 11 is 0. The zero-order chi connectivity index (χ0) is 13.4. The van der Waals surface area contributed by atoms with Gasteiger partial charge in [-0.3, -0.25) is 14.5 Å². The molecule has 0 radical (unpaired) electrons. The first-order chi connectivity index (χ1) is 8.65. The van der Waals surface area contributed by atoms with E-state index in [4.69, 9.17) is 14.6 Å². The molecule has 1 aliphatic heterocycles. The van der Waals surface area contributed by atoms with Crippen molar-refractivity contribution in [3.8, 4) is 0 Å². The third kappa shape index (κ3) is 4.99. The van der Waals surface area contributed by atoms with E-state index in [1.165, 1.54) is 0 Å². The Bertz CT molecular complexity index is 285. The van der Waals surface area contributed by atoms with Crippen molar-refractivity contribution in [3.05, 3.63) is 0 Å². The fraction of sp³-hybridized carbons (Fsp3) is 0.818. The molecule has 7 nitrogen and oxygen atoms in total. The smallest absolute Gasteiger partial charge is 0.322 e. The van der Waals surface area contributed by atoms with E-state index < -0.39 is 12.0 Å². The van der Waals surface area contributed by atoms with E-state index in [1.807, 2.05) is 0 Å². The quantitative estimate of drug-likeness (QED) is 0.540. The molecule has 1 atom stereocenters. The number of carboxylic acid groups (broad SMARTS) is 1. The Morgan fingerprint density at radius 3 is 2.94 bits per heavy atom. The van der Waals surface area contributed by atoms with E-state index in [-0.39, 0.29) is 19.0 Å². The lowest BCUT2D eigenvalue weighted by molar-refractivity contribution is -0.146. The van der Waals surface area contributed by atoms with Gasteiger partial charge in [0.1, 0.15) is 6.04 Å². The number of nitrogens with zero attached hydrogens (tertiary/aromatic N) is 1. The minimum atomic E-state index is -0.922. The number of hydrogen-bond acceptors (Lipinski definition) is 5. The first kappa shape index (κ1) is 14.9. The van der Waals surface area contributed by atoms with Crippen molar-refractivity contribution < 1.29 is 24.2 Å². The van der Waals surface area contributed by atoms with Crippen LogP contribution in [-0.4, -0.2) is 74.5 Å². The summed E-state index contributed by atoms with van der Waals surface area (Å²) in [5.41, 5.74) is 0. The van der Waals surface area contributed by atoms with E-state index in [0.717, 1.165) is 6.42 Å². The lowest BCUT2D eigenvalue weighted by atomic mass is 10.2. The molecule has 0 aromatic carbocycles. The molecule has 1 fully saturated rings. The monoisotopic (exact) mass is 260 g/mol. The van der Waals surface area contributed by atoms with E-state index >= 15 is 0 Å². The number of carbonyl (C=O) groups is 2. The number of hydrogen-bond donors (Lipinski definition) is 2. The highest BCUT2D eigenvalue weighted by Gasteiger charge is 2.31. The fourth-order valence-corrected chi connectivity index (χ4v) is 1.76. The number of carbonyl (C=O) groups excluding carboxylic acids is 1. The van der Waals surface area contributed by atoms with Crippen LogP contribution in [0.5, 0.6) is 0 Å². The normalized spacial score (nSPS) is 20.7. The topological polar surface area (TPSA) is 88.1 Å². The average molecular weight is 260 g/mol. The minimum absolute atomic E-state index is 0.110. The summed E-state index contributed by atoms with van der Waals surface area (Å²) in [7, 11) is 1.63. The highest BCUT2D eigenvalue weighted by atomic mass is 16.5. The fourth-order valence-electron chi connectivity index (χ4n) is 1.76. The average Bonchev–Trinajstić information content (AvgIpc) is 2.33. The van der Waals surface area contributed by atoms with Crippen LogP contribution < -0.4 is 5.32 Å². The van der Waals surface area contributed by atoms with Crippen LogP contribution >= 0.6 is 0 Å². The number of aliphatic carboxylic acids is 1. The van der Waals surface area contributed by atoms with Gasteiger partial charge >= 0.3 is 5.97 Å². The lowest BCUT2D eigenvalue weighted by Gasteiger charge is -2.32. The zero-order valence-electron chi connectivity index (χ0n) is 10.6. The summed E-state index contributed by atoms with van der Waals surface area (Å²) in [5, 5.41) is 11.6. The van der Waals surface area contributed by atoms with Crippen molar-refractivity contribution >= 4 is 11.9 Å². The molecule has 18 heavy (non-hydrogen) atoms. The molecule has 0 aliphatic carbocycles. The van der Waals surface area contributed by atoms with Crippen LogP contribution in [0.3, 0.4) is 0 Å². The van der Waals surface area contributed by atoms with Crippen LogP contribution in [0, 0.1) is 0 Å². The Morgan fingerprint density at radius 1 is 1.50 bits per heavy atom. The molecular formula is C11H20N2O5. The first-order valence-corrected chi connectivity index (χ1v) is 5.95. The van der Waals surface area contributed by atoms with Crippen LogP contribution in [0.2, 0.25) is 0 Å². The predicted octanol–water partition coefficient (Wildman–Crippen LogP) is -1.08. The van der Waals surface area contributed by atoms with Gasteiger partial charge in [-0.2, -0.15) is 0 Å². The molecule has 1 saturated heterocycles. The van der Waals surface area contributed by atoms with Crippen molar-refractivity contribution in [3.63, 3.8) is 0 Å². The molecule has 0 saturated carbocycles. The van der Waals surface area contributed by atoms with Crippen molar-refractivity contribution in [1.82, 2.24) is 10.2 Å². The minimum Gasteiger partial charge on any atom is -0.480 e. The number of rotatable bonds is 8. The van der Waals surface area contributed by atoms with Gasteiger partial charge in [-0.15, -0.1) is 0 Å². The standard InChI is InChI=1S/C11H20N2O5/c1-17-4-2-5-18-6-3-13-8-10(14)12-7-9(13)11(15)16/h9H,2-8H2,1H3,(H,12,14)(H,15,16). The third-order valence-corrected chi connectivity index (χ3v) is 2.73. The molecule has 1 rings (SSSR count). The summed E-state index contributed by atoms with van der Waals surface area (Å²) in [5.74, 6) is -1.07. The molecule has 1 aliphatic rings. The molecule has 1 unspecified atom stereocenters.